The molecule has 1 saturated carbocycles. The Labute approximate surface area is 142 Å². The van der Waals surface area contributed by atoms with Gasteiger partial charge in [-0.2, -0.15) is 16.9 Å². The van der Waals surface area contributed by atoms with Crippen molar-refractivity contribution in [3.05, 3.63) is 35.3 Å². The molecule has 2 atom stereocenters. The second kappa shape index (κ2) is 6.42. The van der Waals surface area contributed by atoms with E-state index in [0.29, 0.717) is 16.4 Å². The third-order valence-electron chi connectivity index (χ3n) is 3.79. The standard InChI is InChI=1S/C15H17BrN4OS/c1-3-19(15(21)11-7-13(11)22-2)12-9-20(18-14(12)16)10-5-4-6-17-8-10/h4-6,8-9,11,13H,3,7H2,1-2H3/t11-,13-/m1/s1. The lowest BCUT2D eigenvalue weighted by molar-refractivity contribution is -0.119. The van der Waals surface area contributed by atoms with E-state index in [0.717, 1.165) is 17.8 Å². The van der Waals surface area contributed by atoms with Crippen molar-refractivity contribution in [2.75, 3.05) is 17.7 Å². The second-order valence-corrected chi connectivity index (χ2v) is 6.99. The van der Waals surface area contributed by atoms with Crippen molar-refractivity contribution in [3.63, 3.8) is 0 Å². The summed E-state index contributed by atoms with van der Waals surface area (Å²) in [7, 11) is 0. The number of aromatic nitrogens is 3. The van der Waals surface area contributed by atoms with E-state index >= 15 is 0 Å². The molecule has 22 heavy (non-hydrogen) atoms. The normalized spacial score (nSPS) is 20.0. The molecule has 0 saturated heterocycles. The first-order valence-corrected chi connectivity index (χ1v) is 9.23. The van der Waals surface area contributed by atoms with E-state index < -0.39 is 0 Å². The smallest absolute Gasteiger partial charge is 0.231 e. The topological polar surface area (TPSA) is 51.0 Å². The average molecular weight is 381 g/mol. The van der Waals surface area contributed by atoms with Crippen LogP contribution in [0.4, 0.5) is 5.69 Å². The van der Waals surface area contributed by atoms with Crippen molar-refractivity contribution in [2.45, 2.75) is 18.6 Å². The van der Waals surface area contributed by atoms with Gasteiger partial charge in [-0.25, -0.2) is 4.68 Å². The monoisotopic (exact) mass is 380 g/mol. The molecule has 0 radical (unpaired) electrons. The van der Waals surface area contributed by atoms with Crippen molar-refractivity contribution in [1.82, 2.24) is 14.8 Å². The molecule has 0 bridgehead atoms. The maximum atomic E-state index is 12.6. The van der Waals surface area contributed by atoms with Gasteiger partial charge in [-0.15, -0.1) is 0 Å². The van der Waals surface area contributed by atoms with Gasteiger partial charge in [-0.3, -0.25) is 9.78 Å². The molecule has 116 valence electrons. The Kier molecular flexibility index (Phi) is 4.54. The van der Waals surface area contributed by atoms with Crippen molar-refractivity contribution in [1.29, 1.82) is 0 Å². The summed E-state index contributed by atoms with van der Waals surface area (Å²) in [5.41, 5.74) is 1.68. The highest BCUT2D eigenvalue weighted by molar-refractivity contribution is 9.10. The summed E-state index contributed by atoms with van der Waals surface area (Å²) in [6.07, 6.45) is 8.38. The predicted octanol–water partition coefficient (Wildman–Crippen LogP) is 3.13. The second-order valence-electron chi connectivity index (χ2n) is 5.16. The molecule has 7 heteroatoms. The molecule has 3 rings (SSSR count). The minimum atomic E-state index is 0.142. The molecule has 1 fully saturated rings. The predicted molar refractivity (Wildman–Crippen MR) is 92.5 cm³/mol. The molecule has 0 N–H and O–H groups in total. The minimum Gasteiger partial charge on any atom is -0.309 e. The first-order valence-electron chi connectivity index (χ1n) is 7.15. The molecular formula is C15H17BrN4OS. The van der Waals surface area contributed by atoms with Crippen LogP contribution in [0.3, 0.4) is 0 Å². The summed E-state index contributed by atoms with van der Waals surface area (Å²) in [5, 5.41) is 4.91. The number of rotatable bonds is 5. The first kappa shape index (κ1) is 15.6. The molecule has 1 amide bonds. The number of anilines is 1. The van der Waals surface area contributed by atoms with Crippen LogP contribution in [0, 0.1) is 5.92 Å². The molecule has 0 aromatic carbocycles. The highest BCUT2D eigenvalue weighted by Gasteiger charge is 2.44. The van der Waals surface area contributed by atoms with Crippen LogP contribution in [0.1, 0.15) is 13.3 Å². The van der Waals surface area contributed by atoms with Gasteiger partial charge in [0, 0.05) is 18.0 Å². The quantitative estimate of drug-likeness (QED) is 0.799. The van der Waals surface area contributed by atoms with Crippen molar-refractivity contribution < 1.29 is 4.79 Å². The fourth-order valence-electron chi connectivity index (χ4n) is 2.48. The average Bonchev–Trinajstić information content (AvgIpc) is 3.25. The Balaban J connectivity index is 1.87. The summed E-state index contributed by atoms with van der Waals surface area (Å²) >= 11 is 5.24. The van der Waals surface area contributed by atoms with Crippen molar-refractivity contribution >= 4 is 39.3 Å². The lowest BCUT2D eigenvalue weighted by Gasteiger charge is -2.19. The molecule has 0 unspecified atom stereocenters. The van der Waals surface area contributed by atoms with Crippen LogP contribution in [0.15, 0.2) is 35.3 Å². The third-order valence-corrected chi connectivity index (χ3v) is 5.48. The lowest BCUT2D eigenvalue weighted by atomic mass is 10.3. The van der Waals surface area contributed by atoms with Gasteiger partial charge in [0.25, 0.3) is 0 Å². The molecule has 2 aromatic rings. The SMILES string of the molecule is CCN(C(=O)[C@@H]1C[C@H]1SC)c1cn(-c2cccnc2)nc1Br. The van der Waals surface area contributed by atoms with Gasteiger partial charge in [-0.05, 0) is 47.7 Å². The van der Waals surface area contributed by atoms with E-state index in [1.54, 1.807) is 28.8 Å². The van der Waals surface area contributed by atoms with Crippen LogP contribution < -0.4 is 4.90 Å². The maximum absolute atomic E-state index is 12.6. The summed E-state index contributed by atoms with van der Waals surface area (Å²) in [4.78, 5) is 18.6. The highest BCUT2D eigenvalue weighted by atomic mass is 79.9. The number of hydrogen-bond donors (Lipinski definition) is 0. The van der Waals surface area contributed by atoms with E-state index in [-0.39, 0.29) is 11.8 Å². The largest absolute Gasteiger partial charge is 0.309 e. The summed E-state index contributed by atoms with van der Waals surface area (Å²) in [6.45, 7) is 2.62. The van der Waals surface area contributed by atoms with Gasteiger partial charge in [0.1, 0.15) is 0 Å². The number of amides is 1. The van der Waals surface area contributed by atoms with Crippen molar-refractivity contribution in [2.24, 2.45) is 5.92 Å². The summed E-state index contributed by atoms with van der Waals surface area (Å²) < 4.78 is 2.41. The number of carbonyl (C=O) groups is 1. The van der Waals surface area contributed by atoms with Gasteiger partial charge in [0.2, 0.25) is 5.91 Å². The van der Waals surface area contributed by atoms with Crippen LogP contribution in [0.2, 0.25) is 0 Å². The van der Waals surface area contributed by atoms with Gasteiger partial charge in [0.15, 0.2) is 4.60 Å². The van der Waals surface area contributed by atoms with Crippen LogP contribution in [0.25, 0.3) is 5.69 Å². The highest BCUT2D eigenvalue weighted by Crippen LogP contribution is 2.42. The number of halogens is 1. The van der Waals surface area contributed by atoms with E-state index in [2.05, 4.69) is 32.3 Å². The number of carbonyl (C=O) groups excluding carboxylic acids is 1. The fraction of sp³-hybridized carbons (Fsp3) is 0.400. The van der Waals surface area contributed by atoms with Gasteiger partial charge < -0.3 is 4.90 Å². The summed E-state index contributed by atoms with van der Waals surface area (Å²) in [5.74, 6) is 0.330. The number of hydrogen-bond acceptors (Lipinski definition) is 4. The maximum Gasteiger partial charge on any atom is 0.231 e. The Hall–Kier alpha value is -1.34. The fourth-order valence-corrected chi connectivity index (χ4v) is 3.82. The molecule has 5 nitrogen and oxygen atoms in total. The Morgan fingerprint density at radius 3 is 3.00 bits per heavy atom. The third kappa shape index (κ3) is 2.92. The van der Waals surface area contributed by atoms with Gasteiger partial charge >= 0.3 is 0 Å². The molecule has 1 aliphatic rings. The van der Waals surface area contributed by atoms with E-state index in [1.807, 2.05) is 30.2 Å². The zero-order valence-corrected chi connectivity index (χ0v) is 14.8. The van der Waals surface area contributed by atoms with E-state index in [1.165, 1.54) is 0 Å². The zero-order valence-electron chi connectivity index (χ0n) is 12.4. The molecule has 0 aliphatic heterocycles. The van der Waals surface area contributed by atoms with Gasteiger partial charge in [-0.1, -0.05) is 0 Å². The number of nitrogens with zero attached hydrogens (tertiary/aromatic N) is 4. The number of pyridine rings is 1. The minimum absolute atomic E-state index is 0.142. The van der Waals surface area contributed by atoms with Crippen LogP contribution in [-0.2, 0) is 4.79 Å². The lowest BCUT2D eigenvalue weighted by Crippen LogP contribution is -2.32. The molecule has 2 aromatic heterocycles. The Morgan fingerprint density at radius 2 is 2.41 bits per heavy atom. The number of thioether (sulfide) groups is 1. The molecule has 0 spiro atoms. The van der Waals surface area contributed by atoms with Crippen molar-refractivity contribution in [3.8, 4) is 5.69 Å². The first-order chi connectivity index (χ1) is 10.7. The zero-order chi connectivity index (χ0) is 15.7. The molecular weight excluding hydrogens is 364 g/mol. The van der Waals surface area contributed by atoms with Crippen LogP contribution in [-0.4, -0.2) is 38.7 Å². The molecule has 2 heterocycles. The van der Waals surface area contributed by atoms with Crippen LogP contribution in [0.5, 0.6) is 0 Å². The Bertz CT molecular complexity index is 675. The van der Waals surface area contributed by atoms with E-state index in [9.17, 15) is 4.79 Å². The van der Waals surface area contributed by atoms with E-state index in [4.69, 9.17) is 0 Å². The van der Waals surface area contributed by atoms with Crippen LogP contribution >= 0.6 is 27.7 Å². The summed E-state index contributed by atoms with van der Waals surface area (Å²) in [6, 6.07) is 3.79. The van der Waals surface area contributed by atoms with Gasteiger partial charge in [0.05, 0.1) is 29.7 Å². The molecule has 1 aliphatic carbocycles. The Morgan fingerprint density at radius 1 is 1.59 bits per heavy atom.